The molecule has 0 atom stereocenters. The van der Waals surface area contributed by atoms with Crippen LogP contribution in [0.15, 0.2) is 54.6 Å². The van der Waals surface area contributed by atoms with Crippen LogP contribution in [-0.4, -0.2) is 18.4 Å². The van der Waals surface area contributed by atoms with Crippen molar-refractivity contribution >= 4 is 35.2 Å². The molecule has 0 saturated carbocycles. The summed E-state index contributed by atoms with van der Waals surface area (Å²) in [6, 6.07) is 14.0. The lowest BCUT2D eigenvalue weighted by molar-refractivity contribution is -0.111. The zero-order valence-electron chi connectivity index (χ0n) is 13.4. The first-order chi connectivity index (χ1) is 11.6. The highest BCUT2D eigenvalue weighted by molar-refractivity contribution is 6.32. The fraction of sp³-hybridized carbons (Fsp3) is 0.158. The van der Waals surface area contributed by atoms with Gasteiger partial charge in [-0.1, -0.05) is 36.7 Å². The molecule has 0 fully saturated rings. The summed E-state index contributed by atoms with van der Waals surface area (Å²) in [6.07, 6.45) is 3.96. The molecule has 0 aliphatic carbocycles. The second-order valence-electron chi connectivity index (χ2n) is 5.18. The third kappa shape index (κ3) is 5.25. The van der Waals surface area contributed by atoms with Crippen molar-refractivity contribution < 1.29 is 9.59 Å². The van der Waals surface area contributed by atoms with E-state index in [4.69, 9.17) is 11.6 Å². The number of hydrogen-bond acceptors (Lipinski definition) is 2. The normalized spacial score (nSPS) is 10.6. The highest BCUT2D eigenvalue weighted by Crippen LogP contribution is 2.16. The maximum Gasteiger partial charge on any atom is 0.251 e. The molecule has 2 rings (SSSR count). The molecule has 2 N–H and O–H groups in total. The Balaban J connectivity index is 1.95. The second kappa shape index (κ2) is 8.89. The number of anilines is 1. The van der Waals surface area contributed by atoms with Crippen LogP contribution in [0.1, 0.15) is 29.3 Å². The molecule has 124 valence electrons. The molecule has 0 heterocycles. The number of carbonyl (C=O) groups is 2. The Labute approximate surface area is 146 Å². The highest BCUT2D eigenvalue weighted by atomic mass is 35.5. The van der Waals surface area contributed by atoms with Crippen molar-refractivity contribution in [3.63, 3.8) is 0 Å². The van der Waals surface area contributed by atoms with Crippen LogP contribution in [0.3, 0.4) is 0 Å². The third-order valence-corrected chi connectivity index (χ3v) is 3.61. The van der Waals surface area contributed by atoms with Crippen LogP contribution in [0.4, 0.5) is 5.69 Å². The molecule has 5 heteroatoms. The van der Waals surface area contributed by atoms with E-state index in [0.29, 0.717) is 22.8 Å². The number of halogens is 1. The zero-order chi connectivity index (χ0) is 17.4. The Bertz CT molecular complexity index is 739. The van der Waals surface area contributed by atoms with Crippen LogP contribution in [0.25, 0.3) is 6.08 Å². The quantitative estimate of drug-likeness (QED) is 0.775. The minimum Gasteiger partial charge on any atom is -0.352 e. The molecule has 2 aromatic carbocycles. The number of nitrogens with one attached hydrogen (secondary N) is 2. The molecule has 0 aliphatic rings. The Hall–Kier alpha value is -2.59. The van der Waals surface area contributed by atoms with Crippen LogP contribution in [0.2, 0.25) is 5.02 Å². The van der Waals surface area contributed by atoms with Gasteiger partial charge in [-0.2, -0.15) is 0 Å². The Kier molecular flexibility index (Phi) is 6.58. The summed E-state index contributed by atoms with van der Waals surface area (Å²) in [4.78, 5) is 23.7. The van der Waals surface area contributed by atoms with E-state index in [2.05, 4.69) is 10.6 Å². The summed E-state index contributed by atoms with van der Waals surface area (Å²) >= 11 is 6.03. The van der Waals surface area contributed by atoms with Gasteiger partial charge in [0, 0.05) is 28.9 Å². The number of amides is 2. The minimum atomic E-state index is -0.266. The lowest BCUT2D eigenvalue weighted by Gasteiger charge is -2.05. The van der Waals surface area contributed by atoms with E-state index in [0.717, 1.165) is 12.0 Å². The summed E-state index contributed by atoms with van der Waals surface area (Å²) in [5.74, 6) is -0.383. The second-order valence-corrected chi connectivity index (χ2v) is 5.58. The van der Waals surface area contributed by atoms with Gasteiger partial charge in [0.25, 0.3) is 5.91 Å². The van der Waals surface area contributed by atoms with E-state index < -0.39 is 0 Å². The van der Waals surface area contributed by atoms with Crippen molar-refractivity contribution in [3.8, 4) is 0 Å². The average Bonchev–Trinajstić information content (AvgIpc) is 2.59. The van der Waals surface area contributed by atoms with Crippen LogP contribution in [0, 0.1) is 0 Å². The molecule has 2 aromatic rings. The Morgan fingerprint density at radius 1 is 1.08 bits per heavy atom. The van der Waals surface area contributed by atoms with Gasteiger partial charge in [0.05, 0.1) is 0 Å². The topological polar surface area (TPSA) is 58.2 Å². The standard InChI is InChI=1S/C19H19ClN2O2/c1-2-13-21-19(24)15-7-10-16(11-8-15)22-18(23)12-9-14-5-3-4-6-17(14)20/h3-12H,2,13H2,1H3,(H,21,24)(H,22,23)/b12-9+. The van der Waals surface area contributed by atoms with E-state index in [1.54, 1.807) is 36.4 Å². The lowest BCUT2D eigenvalue weighted by Crippen LogP contribution is -2.23. The largest absolute Gasteiger partial charge is 0.352 e. The van der Waals surface area contributed by atoms with E-state index >= 15 is 0 Å². The van der Waals surface area contributed by atoms with Crippen LogP contribution >= 0.6 is 11.6 Å². The first-order valence-corrected chi connectivity index (χ1v) is 8.10. The van der Waals surface area contributed by atoms with E-state index in [9.17, 15) is 9.59 Å². The molecular formula is C19H19ClN2O2. The van der Waals surface area contributed by atoms with Gasteiger partial charge in [-0.25, -0.2) is 0 Å². The van der Waals surface area contributed by atoms with E-state index in [-0.39, 0.29) is 11.8 Å². The molecule has 0 saturated heterocycles. The molecule has 4 nitrogen and oxygen atoms in total. The Morgan fingerprint density at radius 2 is 1.79 bits per heavy atom. The van der Waals surface area contributed by atoms with Crippen molar-refractivity contribution in [2.45, 2.75) is 13.3 Å². The third-order valence-electron chi connectivity index (χ3n) is 3.27. The number of rotatable bonds is 6. The zero-order valence-corrected chi connectivity index (χ0v) is 14.1. The first kappa shape index (κ1) is 17.8. The van der Waals surface area contributed by atoms with Gasteiger partial charge in [0.2, 0.25) is 5.91 Å². The van der Waals surface area contributed by atoms with Crippen LogP contribution < -0.4 is 10.6 Å². The minimum absolute atomic E-state index is 0.117. The van der Waals surface area contributed by atoms with Gasteiger partial charge in [-0.05, 0) is 48.4 Å². The van der Waals surface area contributed by atoms with Crippen molar-refractivity contribution in [1.82, 2.24) is 5.32 Å². The highest BCUT2D eigenvalue weighted by Gasteiger charge is 2.05. The smallest absolute Gasteiger partial charge is 0.251 e. The molecule has 0 spiro atoms. The van der Waals surface area contributed by atoms with Crippen molar-refractivity contribution in [3.05, 3.63) is 70.8 Å². The summed E-state index contributed by atoms with van der Waals surface area (Å²) in [6.45, 7) is 2.64. The van der Waals surface area contributed by atoms with Gasteiger partial charge in [-0.3, -0.25) is 9.59 Å². The molecule has 0 radical (unpaired) electrons. The molecule has 0 unspecified atom stereocenters. The van der Waals surface area contributed by atoms with Crippen LogP contribution in [0.5, 0.6) is 0 Å². The van der Waals surface area contributed by atoms with Crippen molar-refractivity contribution in [2.24, 2.45) is 0 Å². The molecular weight excluding hydrogens is 324 g/mol. The molecule has 0 aromatic heterocycles. The Morgan fingerprint density at radius 3 is 2.46 bits per heavy atom. The number of carbonyl (C=O) groups excluding carboxylic acids is 2. The SMILES string of the molecule is CCCNC(=O)c1ccc(NC(=O)/C=C/c2ccccc2Cl)cc1. The van der Waals surface area contributed by atoms with Gasteiger partial charge in [0.1, 0.15) is 0 Å². The van der Waals surface area contributed by atoms with E-state index in [1.807, 2.05) is 25.1 Å². The fourth-order valence-electron chi connectivity index (χ4n) is 2.01. The number of hydrogen-bond donors (Lipinski definition) is 2. The summed E-state index contributed by atoms with van der Waals surface area (Å²) < 4.78 is 0. The predicted octanol–water partition coefficient (Wildman–Crippen LogP) is 4.13. The van der Waals surface area contributed by atoms with Gasteiger partial charge in [0.15, 0.2) is 0 Å². The molecule has 2 amide bonds. The maximum absolute atomic E-state index is 11.9. The molecule has 0 aliphatic heterocycles. The lowest BCUT2D eigenvalue weighted by atomic mass is 10.2. The van der Waals surface area contributed by atoms with Gasteiger partial charge in [-0.15, -0.1) is 0 Å². The predicted molar refractivity (Wildman–Crippen MR) is 98.2 cm³/mol. The summed E-state index contributed by atoms with van der Waals surface area (Å²) in [7, 11) is 0. The monoisotopic (exact) mass is 342 g/mol. The van der Waals surface area contributed by atoms with Crippen LogP contribution in [-0.2, 0) is 4.79 Å². The number of benzene rings is 2. The molecule has 0 bridgehead atoms. The fourth-order valence-corrected chi connectivity index (χ4v) is 2.20. The van der Waals surface area contributed by atoms with Gasteiger partial charge >= 0.3 is 0 Å². The van der Waals surface area contributed by atoms with Crippen molar-refractivity contribution in [1.29, 1.82) is 0 Å². The van der Waals surface area contributed by atoms with Crippen molar-refractivity contribution in [2.75, 3.05) is 11.9 Å². The average molecular weight is 343 g/mol. The first-order valence-electron chi connectivity index (χ1n) is 7.72. The van der Waals surface area contributed by atoms with E-state index in [1.165, 1.54) is 6.08 Å². The summed E-state index contributed by atoms with van der Waals surface area (Å²) in [5.41, 5.74) is 1.96. The van der Waals surface area contributed by atoms with Gasteiger partial charge < -0.3 is 10.6 Å². The molecule has 24 heavy (non-hydrogen) atoms. The maximum atomic E-state index is 11.9. The summed E-state index contributed by atoms with van der Waals surface area (Å²) in [5, 5.41) is 6.13.